The minimum absolute atomic E-state index is 0.263. The van der Waals surface area contributed by atoms with Gasteiger partial charge in [0.05, 0.1) is 18.0 Å². The molecule has 1 aliphatic rings. The lowest BCUT2D eigenvalue weighted by Gasteiger charge is -2.35. The average molecular weight is 496 g/mol. The van der Waals surface area contributed by atoms with Gasteiger partial charge in [0.2, 0.25) is 5.88 Å². The van der Waals surface area contributed by atoms with E-state index in [4.69, 9.17) is 24.7 Å². The van der Waals surface area contributed by atoms with E-state index in [0.717, 1.165) is 19.6 Å². The average Bonchev–Trinajstić information content (AvgIpc) is 2.84. The summed E-state index contributed by atoms with van der Waals surface area (Å²) < 4.78 is 23.1. The highest BCUT2D eigenvalue weighted by Gasteiger charge is 2.25. The summed E-state index contributed by atoms with van der Waals surface area (Å²) in [7, 11) is 1.59. The van der Waals surface area contributed by atoms with Crippen molar-refractivity contribution >= 4 is 22.7 Å². The lowest BCUT2D eigenvalue weighted by Crippen LogP contribution is -2.50. The summed E-state index contributed by atoms with van der Waals surface area (Å²) in [5, 5.41) is 0.705. The minimum Gasteiger partial charge on any atom is -0.493 e. The van der Waals surface area contributed by atoms with Crippen molar-refractivity contribution in [1.29, 1.82) is 0 Å². The summed E-state index contributed by atoms with van der Waals surface area (Å²) in [6, 6.07) is 10.7. The van der Waals surface area contributed by atoms with Crippen molar-refractivity contribution in [3.63, 3.8) is 0 Å². The number of carbonyl (C=O) groups is 1. The second-order valence-electron chi connectivity index (χ2n) is 9.53. The van der Waals surface area contributed by atoms with E-state index < -0.39 is 5.60 Å². The molecule has 192 valence electrons. The highest BCUT2D eigenvalue weighted by molar-refractivity contribution is 5.87. The van der Waals surface area contributed by atoms with Gasteiger partial charge in [0.25, 0.3) is 0 Å². The van der Waals surface area contributed by atoms with Crippen LogP contribution in [0.5, 0.6) is 23.1 Å². The zero-order valence-electron chi connectivity index (χ0n) is 21.2. The Labute approximate surface area is 210 Å². The predicted molar refractivity (Wildman–Crippen MR) is 137 cm³/mol. The largest absolute Gasteiger partial charge is 0.493 e. The van der Waals surface area contributed by atoms with E-state index in [-0.39, 0.29) is 6.09 Å². The third-order valence-corrected chi connectivity index (χ3v) is 5.67. The van der Waals surface area contributed by atoms with Crippen LogP contribution in [0.4, 0.5) is 10.5 Å². The molecule has 0 saturated carbocycles. The van der Waals surface area contributed by atoms with Gasteiger partial charge in [0.1, 0.15) is 24.3 Å². The third kappa shape index (κ3) is 6.45. The van der Waals surface area contributed by atoms with Crippen LogP contribution in [0.25, 0.3) is 10.9 Å². The fourth-order valence-corrected chi connectivity index (χ4v) is 3.81. The third-order valence-electron chi connectivity index (χ3n) is 5.67. The lowest BCUT2D eigenvalue weighted by atomic mass is 10.2. The SMILES string of the molecule is COc1cc2c(Oc3ccc(N)cc3)ncnc2cc1OCCN1CCN(C(=O)OC(C)(C)C)CC1. The molecule has 0 atom stereocenters. The molecule has 1 fully saturated rings. The van der Waals surface area contributed by atoms with E-state index >= 15 is 0 Å². The van der Waals surface area contributed by atoms with Gasteiger partial charge in [-0.1, -0.05) is 0 Å². The summed E-state index contributed by atoms with van der Waals surface area (Å²) in [6.45, 7) is 9.58. The molecular weight excluding hydrogens is 462 g/mol. The molecule has 1 aromatic heterocycles. The van der Waals surface area contributed by atoms with Crippen LogP contribution in [0.3, 0.4) is 0 Å². The Morgan fingerprint density at radius 2 is 1.75 bits per heavy atom. The highest BCUT2D eigenvalue weighted by Crippen LogP contribution is 2.36. The van der Waals surface area contributed by atoms with Crippen molar-refractivity contribution in [2.24, 2.45) is 0 Å². The monoisotopic (exact) mass is 495 g/mol. The number of anilines is 1. The molecule has 36 heavy (non-hydrogen) atoms. The van der Waals surface area contributed by atoms with E-state index in [0.29, 0.717) is 59.4 Å². The Kier molecular flexibility index (Phi) is 7.64. The van der Waals surface area contributed by atoms with Crippen LogP contribution in [0.2, 0.25) is 0 Å². The van der Waals surface area contributed by atoms with Crippen molar-refractivity contribution in [2.75, 3.05) is 52.2 Å². The Morgan fingerprint density at radius 3 is 2.42 bits per heavy atom. The molecule has 2 aromatic carbocycles. The zero-order chi connectivity index (χ0) is 25.7. The van der Waals surface area contributed by atoms with Crippen LogP contribution in [0, 0.1) is 0 Å². The molecule has 0 unspecified atom stereocenters. The standard InChI is InChI=1S/C26H33N5O5/c1-26(2,3)36-25(32)31-11-9-30(10-12-31)13-14-34-23-16-21-20(15-22(23)33-4)24(29-17-28-21)35-19-7-5-18(27)6-8-19/h5-8,15-17H,9-14,27H2,1-4H3. The number of amides is 1. The summed E-state index contributed by atoms with van der Waals surface area (Å²) >= 11 is 0. The van der Waals surface area contributed by atoms with Crippen molar-refractivity contribution in [3.8, 4) is 23.1 Å². The van der Waals surface area contributed by atoms with Crippen LogP contribution in [0.1, 0.15) is 20.8 Å². The molecular formula is C26H33N5O5. The highest BCUT2D eigenvalue weighted by atomic mass is 16.6. The second-order valence-corrected chi connectivity index (χ2v) is 9.53. The fourth-order valence-electron chi connectivity index (χ4n) is 3.81. The fraction of sp³-hybridized carbons (Fsp3) is 0.423. The van der Waals surface area contributed by atoms with Gasteiger partial charge in [0.15, 0.2) is 11.5 Å². The number of piperazine rings is 1. The first-order chi connectivity index (χ1) is 17.2. The van der Waals surface area contributed by atoms with E-state index in [1.54, 1.807) is 36.3 Å². The molecule has 0 radical (unpaired) electrons. The van der Waals surface area contributed by atoms with Gasteiger partial charge in [-0.2, -0.15) is 0 Å². The van der Waals surface area contributed by atoms with Gasteiger partial charge < -0.3 is 29.6 Å². The number of ether oxygens (including phenoxy) is 4. The molecule has 0 spiro atoms. The van der Waals surface area contributed by atoms with E-state index in [9.17, 15) is 4.79 Å². The normalized spacial score (nSPS) is 14.5. The quantitative estimate of drug-likeness (QED) is 0.487. The molecule has 2 heterocycles. The Hall–Kier alpha value is -3.79. The summed E-state index contributed by atoms with van der Waals surface area (Å²) in [6.07, 6.45) is 1.19. The second kappa shape index (κ2) is 10.9. The first-order valence-electron chi connectivity index (χ1n) is 11.9. The van der Waals surface area contributed by atoms with Crippen LogP contribution in [0.15, 0.2) is 42.7 Å². The zero-order valence-corrected chi connectivity index (χ0v) is 21.2. The lowest BCUT2D eigenvalue weighted by molar-refractivity contribution is 0.0136. The number of aromatic nitrogens is 2. The smallest absolute Gasteiger partial charge is 0.410 e. The molecule has 1 saturated heterocycles. The Balaban J connectivity index is 1.36. The van der Waals surface area contributed by atoms with Gasteiger partial charge in [-0.25, -0.2) is 14.8 Å². The molecule has 3 aromatic rings. The van der Waals surface area contributed by atoms with Crippen molar-refractivity contribution in [2.45, 2.75) is 26.4 Å². The van der Waals surface area contributed by atoms with Gasteiger partial charge >= 0.3 is 6.09 Å². The Morgan fingerprint density at radius 1 is 1.03 bits per heavy atom. The molecule has 1 amide bonds. The molecule has 10 nitrogen and oxygen atoms in total. The molecule has 0 aliphatic carbocycles. The van der Waals surface area contributed by atoms with Crippen LogP contribution < -0.4 is 19.9 Å². The molecule has 1 aliphatic heterocycles. The Bertz CT molecular complexity index is 1190. The molecule has 2 N–H and O–H groups in total. The molecule has 10 heteroatoms. The number of methoxy groups -OCH3 is 1. The molecule has 4 rings (SSSR count). The van der Waals surface area contributed by atoms with Crippen LogP contribution in [-0.2, 0) is 4.74 Å². The number of benzene rings is 2. The predicted octanol–water partition coefficient (Wildman–Crippen LogP) is 3.94. The van der Waals surface area contributed by atoms with Gasteiger partial charge in [0, 0.05) is 44.5 Å². The minimum atomic E-state index is -0.491. The number of hydrogen-bond acceptors (Lipinski definition) is 9. The first-order valence-corrected chi connectivity index (χ1v) is 11.9. The van der Waals surface area contributed by atoms with Gasteiger partial charge in [-0.15, -0.1) is 0 Å². The van der Waals surface area contributed by atoms with Gasteiger partial charge in [-0.05, 0) is 51.1 Å². The number of carbonyl (C=O) groups excluding carboxylic acids is 1. The summed E-state index contributed by atoms with van der Waals surface area (Å²) in [5.74, 6) is 2.19. The number of rotatable bonds is 7. The van der Waals surface area contributed by atoms with Gasteiger partial charge in [-0.3, -0.25) is 4.90 Å². The number of fused-ring (bicyclic) bond motifs is 1. The van der Waals surface area contributed by atoms with E-state index in [2.05, 4.69) is 14.9 Å². The maximum atomic E-state index is 12.3. The number of nitrogens with two attached hydrogens (primary N) is 1. The van der Waals surface area contributed by atoms with Crippen LogP contribution in [-0.4, -0.2) is 77.9 Å². The first kappa shape index (κ1) is 25.3. The number of nitrogen functional groups attached to an aromatic ring is 1. The van der Waals surface area contributed by atoms with Crippen LogP contribution >= 0.6 is 0 Å². The van der Waals surface area contributed by atoms with Crippen molar-refractivity contribution < 1.29 is 23.7 Å². The van der Waals surface area contributed by atoms with Crippen molar-refractivity contribution in [3.05, 3.63) is 42.7 Å². The summed E-state index contributed by atoms with van der Waals surface area (Å²) in [4.78, 5) is 24.9. The molecule has 0 bridgehead atoms. The summed E-state index contributed by atoms with van der Waals surface area (Å²) in [5.41, 5.74) is 6.60. The van der Waals surface area contributed by atoms with Crippen molar-refractivity contribution in [1.82, 2.24) is 19.8 Å². The maximum Gasteiger partial charge on any atom is 0.410 e. The maximum absolute atomic E-state index is 12.3. The van der Waals surface area contributed by atoms with E-state index in [1.165, 1.54) is 6.33 Å². The number of hydrogen-bond donors (Lipinski definition) is 1. The number of nitrogens with zero attached hydrogens (tertiary/aromatic N) is 4. The topological polar surface area (TPSA) is 112 Å². The van der Waals surface area contributed by atoms with E-state index in [1.807, 2.05) is 32.9 Å².